The fourth-order valence-corrected chi connectivity index (χ4v) is 4.38. The summed E-state index contributed by atoms with van der Waals surface area (Å²) in [7, 11) is 0. The van der Waals surface area contributed by atoms with Crippen LogP contribution >= 0.6 is 0 Å². The molecule has 0 aliphatic heterocycles. The van der Waals surface area contributed by atoms with Crippen LogP contribution in [0.15, 0.2) is 65.7 Å². The zero-order valence-corrected chi connectivity index (χ0v) is 13.8. The molecule has 2 aromatic rings. The van der Waals surface area contributed by atoms with Gasteiger partial charge in [0.1, 0.15) is 0 Å². The Morgan fingerprint density at radius 1 is 1.00 bits per heavy atom. The number of rotatable bonds is 6. The molecule has 0 aromatic heterocycles. The van der Waals surface area contributed by atoms with Crippen molar-refractivity contribution in [2.75, 3.05) is 0 Å². The van der Waals surface area contributed by atoms with Crippen LogP contribution in [0, 0.1) is 0 Å². The van der Waals surface area contributed by atoms with Gasteiger partial charge in [0.2, 0.25) is 0 Å². The van der Waals surface area contributed by atoms with Gasteiger partial charge in [-0.2, -0.15) is 0 Å². The second kappa shape index (κ2) is 8.04. The summed E-state index contributed by atoms with van der Waals surface area (Å²) in [6, 6.07) is 21.3. The summed E-state index contributed by atoms with van der Waals surface area (Å²) < 4.78 is 1.45. The average molecular weight is 330 g/mol. The van der Waals surface area contributed by atoms with Crippen LogP contribution in [0.25, 0.3) is 0 Å². The van der Waals surface area contributed by atoms with E-state index in [1.54, 1.807) is 0 Å². The molecule has 0 bridgehead atoms. The number of nitrogens with zero attached hydrogens (tertiary/aromatic N) is 1. The molecule has 0 N–H and O–H groups in total. The molecule has 0 spiro atoms. The normalized spacial score (nSPS) is 13.2. The van der Waals surface area contributed by atoms with Crippen molar-refractivity contribution in [2.45, 2.75) is 31.6 Å². The summed E-state index contributed by atoms with van der Waals surface area (Å²) in [5.74, 6) is 0. The molecule has 0 amide bonds. The quantitative estimate of drug-likeness (QED) is 0.563. The van der Waals surface area contributed by atoms with Crippen LogP contribution in [0.2, 0.25) is 4.82 Å². The molecule has 20 heavy (non-hydrogen) atoms. The number of hydrogen-bond donors (Lipinski definition) is 0. The zero-order valence-electron chi connectivity index (χ0n) is 12.1. The molecule has 2 aromatic carbocycles. The van der Waals surface area contributed by atoms with Gasteiger partial charge in [-0.25, -0.2) is 0 Å². The Morgan fingerprint density at radius 2 is 1.60 bits per heavy atom. The van der Waals surface area contributed by atoms with Crippen LogP contribution < -0.4 is 4.46 Å². The van der Waals surface area contributed by atoms with E-state index < -0.39 is 0 Å². The van der Waals surface area contributed by atoms with E-state index in [1.165, 1.54) is 15.7 Å². The molecule has 0 saturated heterocycles. The maximum atomic E-state index is 4.84. The molecule has 2 heteroatoms. The molecule has 1 unspecified atom stereocenters. The van der Waals surface area contributed by atoms with E-state index in [0.717, 1.165) is 13.0 Å². The molecule has 0 fully saturated rings. The van der Waals surface area contributed by atoms with Crippen molar-refractivity contribution in [3.8, 4) is 0 Å². The van der Waals surface area contributed by atoms with E-state index in [4.69, 9.17) is 4.99 Å². The Balaban J connectivity index is 2.00. The third-order valence-corrected chi connectivity index (χ3v) is 5.65. The Labute approximate surface area is 128 Å². The fourth-order valence-electron chi connectivity index (χ4n) is 2.08. The first-order valence-corrected chi connectivity index (χ1v) is 8.93. The molecule has 2 rings (SSSR count). The molecule has 1 nitrogen and oxygen atoms in total. The topological polar surface area (TPSA) is 12.4 Å². The summed E-state index contributed by atoms with van der Waals surface area (Å²) in [6.07, 6.45) is 1.04. The van der Waals surface area contributed by atoms with Gasteiger partial charge in [0.25, 0.3) is 0 Å². The molecule has 0 heterocycles. The molecule has 104 valence electrons. The van der Waals surface area contributed by atoms with E-state index >= 15 is 0 Å². The van der Waals surface area contributed by atoms with E-state index in [-0.39, 0.29) is 0 Å². The van der Waals surface area contributed by atoms with Crippen LogP contribution in [-0.2, 0) is 6.54 Å². The predicted octanol–water partition coefficient (Wildman–Crippen LogP) is 3.88. The summed E-state index contributed by atoms with van der Waals surface area (Å²) in [5, 5.41) is 0. The summed E-state index contributed by atoms with van der Waals surface area (Å²) >= 11 is 0.465. The molecule has 0 aliphatic rings. The van der Waals surface area contributed by atoms with Crippen molar-refractivity contribution in [3.63, 3.8) is 0 Å². The minimum atomic E-state index is 0.465. The van der Waals surface area contributed by atoms with Gasteiger partial charge in [-0.05, 0) is 0 Å². The Bertz CT molecular complexity index is 534. The van der Waals surface area contributed by atoms with E-state index in [0.29, 0.717) is 19.8 Å². The summed E-state index contributed by atoms with van der Waals surface area (Å²) in [6.45, 7) is 5.32. The van der Waals surface area contributed by atoms with Crippen LogP contribution in [0.5, 0.6) is 0 Å². The molecule has 0 saturated carbocycles. The van der Waals surface area contributed by atoms with Crippen LogP contribution in [0.4, 0.5) is 0 Å². The van der Waals surface area contributed by atoms with E-state index in [2.05, 4.69) is 74.5 Å². The predicted molar refractivity (Wildman–Crippen MR) is 89.1 cm³/mol. The van der Waals surface area contributed by atoms with E-state index in [9.17, 15) is 0 Å². The van der Waals surface area contributed by atoms with E-state index in [1.807, 2.05) is 0 Å². The minimum absolute atomic E-state index is 0.465. The molecular weight excluding hydrogens is 309 g/mol. The van der Waals surface area contributed by atoms with Crippen LogP contribution in [-0.4, -0.2) is 20.7 Å². The maximum absolute atomic E-state index is 4.84. The van der Waals surface area contributed by atoms with Crippen molar-refractivity contribution < 1.29 is 0 Å². The monoisotopic (exact) mass is 331 g/mol. The third kappa shape index (κ3) is 4.63. The van der Waals surface area contributed by atoms with Crippen molar-refractivity contribution in [1.82, 2.24) is 0 Å². The van der Waals surface area contributed by atoms with Gasteiger partial charge in [-0.1, -0.05) is 0 Å². The molecule has 0 radical (unpaired) electrons. The first-order chi connectivity index (χ1) is 9.79. The van der Waals surface area contributed by atoms with Gasteiger partial charge in [0, 0.05) is 0 Å². The summed E-state index contributed by atoms with van der Waals surface area (Å²) in [5.41, 5.74) is 2.63. The van der Waals surface area contributed by atoms with Crippen molar-refractivity contribution in [3.05, 3.63) is 66.2 Å². The van der Waals surface area contributed by atoms with Gasteiger partial charge in [0.05, 0.1) is 0 Å². The Morgan fingerprint density at radius 3 is 2.20 bits per heavy atom. The second-order valence-electron chi connectivity index (χ2n) is 4.72. The van der Waals surface area contributed by atoms with Crippen LogP contribution in [0.3, 0.4) is 0 Å². The zero-order chi connectivity index (χ0) is 14.2. The van der Waals surface area contributed by atoms with Crippen molar-refractivity contribution in [2.24, 2.45) is 4.99 Å². The third-order valence-electron chi connectivity index (χ3n) is 3.20. The van der Waals surface area contributed by atoms with Gasteiger partial charge in [0.15, 0.2) is 0 Å². The SMILES string of the molecule is CCC(=NCc1ccccc1)C(C)[Se]c1ccccc1. The Kier molecular flexibility index (Phi) is 6.04. The number of benzene rings is 2. The van der Waals surface area contributed by atoms with Gasteiger partial charge >= 0.3 is 128 Å². The first kappa shape index (κ1) is 15.0. The van der Waals surface area contributed by atoms with Crippen LogP contribution in [0.1, 0.15) is 25.8 Å². The van der Waals surface area contributed by atoms with Gasteiger partial charge in [-0.3, -0.25) is 0 Å². The van der Waals surface area contributed by atoms with Crippen molar-refractivity contribution in [1.29, 1.82) is 0 Å². The fraction of sp³-hybridized carbons (Fsp3) is 0.278. The van der Waals surface area contributed by atoms with Gasteiger partial charge in [-0.15, -0.1) is 0 Å². The number of hydrogen-bond acceptors (Lipinski definition) is 1. The first-order valence-electron chi connectivity index (χ1n) is 7.08. The summed E-state index contributed by atoms with van der Waals surface area (Å²) in [4.78, 5) is 5.41. The number of aliphatic imine (C=N–C) groups is 1. The second-order valence-corrected chi connectivity index (χ2v) is 7.69. The molecule has 1 atom stereocenters. The average Bonchev–Trinajstić information content (AvgIpc) is 2.50. The molecule has 0 aliphatic carbocycles. The van der Waals surface area contributed by atoms with Crippen molar-refractivity contribution >= 4 is 25.1 Å². The standard InChI is InChI=1S/C18H21NSe/c1-3-18(19-14-16-10-6-4-7-11-16)15(2)20-17-12-8-5-9-13-17/h4-13,15H,3,14H2,1-2H3. The Hall–Kier alpha value is -1.37. The molecular formula is C18H21NSe. The van der Waals surface area contributed by atoms with Gasteiger partial charge < -0.3 is 0 Å².